The topological polar surface area (TPSA) is 59.6 Å². The van der Waals surface area contributed by atoms with Crippen LogP contribution in [0.15, 0.2) is 48.5 Å². The Labute approximate surface area is 162 Å². The van der Waals surface area contributed by atoms with Crippen molar-refractivity contribution >= 4 is 17.3 Å². The van der Waals surface area contributed by atoms with Crippen LogP contribution in [0, 0.1) is 0 Å². The molecule has 2 N–H and O–H groups in total. The number of ether oxygens (including phenoxy) is 2. The minimum absolute atomic E-state index is 0.109. The van der Waals surface area contributed by atoms with Crippen LogP contribution in [0.2, 0.25) is 0 Å². The van der Waals surface area contributed by atoms with E-state index in [0.717, 1.165) is 35.9 Å². The predicted octanol–water partition coefficient (Wildman–Crippen LogP) is 5.10. The molecular weight excluding hydrogens is 340 g/mol. The zero-order valence-corrected chi connectivity index (χ0v) is 16.3. The first-order valence-corrected chi connectivity index (χ1v) is 9.62. The third-order valence-corrected chi connectivity index (χ3v) is 4.18. The minimum Gasteiger partial charge on any atom is -0.497 e. The molecule has 0 unspecified atom stereocenters. The number of hydrogen-bond acceptors (Lipinski definition) is 4. The van der Waals surface area contributed by atoms with Crippen molar-refractivity contribution in [3.63, 3.8) is 0 Å². The van der Waals surface area contributed by atoms with Gasteiger partial charge in [0.2, 0.25) is 5.91 Å². The van der Waals surface area contributed by atoms with Crippen LogP contribution < -0.4 is 20.1 Å². The second kappa shape index (κ2) is 11.8. The summed E-state index contributed by atoms with van der Waals surface area (Å²) in [7, 11) is 1.62. The van der Waals surface area contributed by atoms with Crippen LogP contribution in [0.5, 0.6) is 11.5 Å². The molecule has 0 aliphatic rings. The van der Waals surface area contributed by atoms with E-state index in [4.69, 9.17) is 9.47 Å². The molecule has 146 valence electrons. The van der Waals surface area contributed by atoms with Gasteiger partial charge in [-0.15, -0.1) is 0 Å². The third kappa shape index (κ3) is 8.03. The molecule has 5 heteroatoms. The number of rotatable bonds is 12. The number of amides is 1. The molecule has 1 amide bonds. The van der Waals surface area contributed by atoms with Crippen molar-refractivity contribution < 1.29 is 14.3 Å². The van der Waals surface area contributed by atoms with Gasteiger partial charge in [0.1, 0.15) is 11.5 Å². The fraction of sp³-hybridized carbons (Fsp3) is 0.409. The molecule has 0 saturated carbocycles. The number of nitrogens with one attached hydrogen (secondary N) is 2. The van der Waals surface area contributed by atoms with Crippen LogP contribution in [0.1, 0.15) is 39.0 Å². The van der Waals surface area contributed by atoms with Crippen molar-refractivity contribution in [3.8, 4) is 11.5 Å². The van der Waals surface area contributed by atoms with E-state index in [1.165, 1.54) is 25.7 Å². The molecule has 0 saturated heterocycles. The first kappa shape index (κ1) is 20.6. The van der Waals surface area contributed by atoms with Gasteiger partial charge in [0, 0.05) is 17.4 Å². The molecular formula is C22H30N2O3. The van der Waals surface area contributed by atoms with Crippen LogP contribution in [-0.2, 0) is 4.79 Å². The zero-order chi connectivity index (χ0) is 19.3. The molecule has 0 radical (unpaired) electrons. The molecule has 0 spiro atoms. The van der Waals surface area contributed by atoms with E-state index in [2.05, 4.69) is 17.6 Å². The molecule has 0 fully saturated rings. The van der Waals surface area contributed by atoms with E-state index in [9.17, 15) is 4.79 Å². The molecule has 0 aliphatic heterocycles. The summed E-state index contributed by atoms with van der Waals surface area (Å²) in [5.41, 5.74) is 1.59. The van der Waals surface area contributed by atoms with E-state index < -0.39 is 0 Å². The highest BCUT2D eigenvalue weighted by Gasteiger charge is 2.03. The first-order valence-electron chi connectivity index (χ1n) is 9.62. The highest BCUT2D eigenvalue weighted by molar-refractivity contribution is 5.93. The summed E-state index contributed by atoms with van der Waals surface area (Å²) in [6.45, 7) is 3.13. The average molecular weight is 370 g/mol. The van der Waals surface area contributed by atoms with Gasteiger partial charge in [0.05, 0.1) is 20.3 Å². The van der Waals surface area contributed by atoms with Crippen LogP contribution in [0.3, 0.4) is 0 Å². The summed E-state index contributed by atoms with van der Waals surface area (Å²) >= 11 is 0. The molecule has 5 nitrogen and oxygen atoms in total. The standard InChI is InChI=1S/C22H30N2O3/c1-3-4-5-6-7-15-27-20-13-11-18(12-14-20)24-22(25)17-23-19-9-8-10-21(16-19)26-2/h8-14,16,23H,3-7,15,17H2,1-2H3,(H,24,25). The van der Waals surface area contributed by atoms with Crippen molar-refractivity contribution in [2.75, 3.05) is 30.9 Å². The number of unbranched alkanes of at least 4 members (excludes halogenated alkanes) is 4. The maximum Gasteiger partial charge on any atom is 0.243 e. The molecule has 0 aromatic heterocycles. The van der Waals surface area contributed by atoms with Gasteiger partial charge in [-0.3, -0.25) is 4.79 Å². The Morgan fingerprint density at radius 2 is 1.70 bits per heavy atom. The number of hydrogen-bond donors (Lipinski definition) is 2. The van der Waals surface area contributed by atoms with Crippen molar-refractivity contribution in [1.82, 2.24) is 0 Å². The smallest absolute Gasteiger partial charge is 0.243 e. The summed E-state index contributed by atoms with van der Waals surface area (Å²) in [4.78, 5) is 12.1. The Hall–Kier alpha value is -2.69. The van der Waals surface area contributed by atoms with E-state index in [0.29, 0.717) is 0 Å². The Morgan fingerprint density at radius 1 is 0.926 bits per heavy atom. The van der Waals surface area contributed by atoms with Crippen LogP contribution in [0.25, 0.3) is 0 Å². The van der Waals surface area contributed by atoms with Crippen LogP contribution >= 0.6 is 0 Å². The lowest BCUT2D eigenvalue weighted by Gasteiger charge is -2.10. The number of anilines is 2. The normalized spacial score (nSPS) is 10.3. The highest BCUT2D eigenvalue weighted by Crippen LogP contribution is 2.18. The molecule has 2 rings (SSSR count). The SMILES string of the molecule is CCCCCCCOc1ccc(NC(=O)CNc2cccc(OC)c2)cc1. The quantitative estimate of drug-likeness (QED) is 0.511. The molecule has 0 atom stereocenters. The van der Waals surface area contributed by atoms with E-state index in [1.807, 2.05) is 48.5 Å². The van der Waals surface area contributed by atoms with Gasteiger partial charge in [0.25, 0.3) is 0 Å². The van der Waals surface area contributed by atoms with E-state index in [-0.39, 0.29) is 12.5 Å². The number of methoxy groups -OCH3 is 1. The molecule has 27 heavy (non-hydrogen) atoms. The Bertz CT molecular complexity index is 686. The van der Waals surface area contributed by atoms with E-state index >= 15 is 0 Å². The lowest BCUT2D eigenvalue weighted by atomic mass is 10.2. The van der Waals surface area contributed by atoms with Crippen LogP contribution in [-0.4, -0.2) is 26.2 Å². The Balaban J connectivity index is 1.69. The second-order valence-electron chi connectivity index (χ2n) is 6.42. The Morgan fingerprint density at radius 3 is 2.44 bits per heavy atom. The summed E-state index contributed by atoms with van der Waals surface area (Å²) in [6.07, 6.45) is 6.11. The number of carbonyl (C=O) groups excluding carboxylic acids is 1. The summed E-state index contributed by atoms with van der Waals surface area (Å²) < 4.78 is 10.9. The third-order valence-electron chi connectivity index (χ3n) is 4.18. The number of benzene rings is 2. The number of carbonyl (C=O) groups is 1. The zero-order valence-electron chi connectivity index (χ0n) is 16.3. The van der Waals surface area contributed by atoms with Gasteiger partial charge in [-0.2, -0.15) is 0 Å². The van der Waals surface area contributed by atoms with Gasteiger partial charge < -0.3 is 20.1 Å². The second-order valence-corrected chi connectivity index (χ2v) is 6.42. The Kier molecular flexibility index (Phi) is 9.04. The van der Waals surface area contributed by atoms with Crippen molar-refractivity contribution in [1.29, 1.82) is 0 Å². The van der Waals surface area contributed by atoms with Gasteiger partial charge in [-0.25, -0.2) is 0 Å². The summed E-state index contributed by atoms with van der Waals surface area (Å²) in [6, 6.07) is 15.0. The van der Waals surface area contributed by atoms with E-state index in [1.54, 1.807) is 7.11 Å². The summed E-state index contributed by atoms with van der Waals surface area (Å²) in [5.74, 6) is 1.47. The van der Waals surface area contributed by atoms with Crippen molar-refractivity contribution in [2.45, 2.75) is 39.0 Å². The van der Waals surface area contributed by atoms with Gasteiger partial charge >= 0.3 is 0 Å². The molecule has 0 heterocycles. The van der Waals surface area contributed by atoms with Crippen molar-refractivity contribution in [3.05, 3.63) is 48.5 Å². The lowest BCUT2D eigenvalue weighted by Crippen LogP contribution is -2.21. The monoisotopic (exact) mass is 370 g/mol. The average Bonchev–Trinajstić information content (AvgIpc) is 2.70. The summed E-state index contributed by atoms with van der Waals surface area (Å²) in [5, 5.41) is 5.95. The van der Waals surface area contributed by atoms with Crippen molar-refractivity contribution in [2.24, 2.45) is 0 Å². The van der Waals surface area contributed by atoms with Gasteiger partial charge in [0.15, 0.2) is 0 Å². The largest absolute Gasteiger partial charge is 0.497 e. The maximum absolute atomic E-state index is 12.1. The maximum atomic E-state index is 12.1. The lowest BCUT2D eigenvalue weighted by molar-refractivity contribution is -0.114. The molecule has 0 aliphatic carbocycles. The fourth-order valence-corrected chi connectivity index (χ4v) is 2.65. The fourth-order valence-electron chi connectivity index (χ4n) is 2.65. The van der Waals surface area contributed by atoms with Crippen LogP contribution in [0.4, 0.5) is 11.4 Å². The minimum atomic E-state index is -0.109. The van der Waals surface area contributed by atoms with Gasteiger partial charge in [-0.05, 0) is 42.8 Å². The molecule has 2 aromatic carbocycles. The predicted molar refractivity (Wildman–Crippen MR) is 111 cm³/mol. The first-order chi connectivity index (χ1) is 13.2. The molecule has 2 aromatic rings. The van der Waals surface area contributed by atoms with Gasteiger partial charge in [-0.1, -0.05) is 38.7 Å². The molecule has 0 bridgehead atoms. The highest BCUT2D eigenvalue weighted by atomic mass is 16.5.